The first-order chi connectivity index (χ1) is 13.7. The van der Waals surface area contributed by atoms with Gasteiger partial charge in [0.2, 0.25) is 0 Å². The van der Waals surface area contributed by atoms with E-state index in [1.807, 2.05) is 36.4 Å². The maximum Gasteiger partial charge on any atom is 0.144 e. The largest absolute Gasteiger partial charge is 0.506 e. The van der Waals surface area contributed by atoms with Crippen LogP contribution in [0.4, 0.5) is 11.4 Å². The summed E-state index contributed by atoms with van der Waals surface area (Å²) in [6.45, 7) is 0. The molecule has 0 atom stereocenters. The molecule has 0 aromatic heterocycles. The second kappa shape index (κ2) is 7.83. The summed E-state index contributed by atoms with van der Waals surface area (Å²) in [5, 5.41) is 44.2. The van der Waals surface area contributed by atoms with Gasteiger partial charge in [0.25, 0.3) is 0 Å². The van der Waals surface area contributed by atoms with Crippen molar-refractivity contribution in [2.24, 2.45) is 10.2 Å². The number of aromatic hydroxyl groups is 2. The minimum atomic E-state index is -0.133. The fraction of sp³-hybridized carbons (Fsp3) is 0. The van der Waals surface area contributed by atoms with Crippen molar-refractivity contribution in [3.8, 4) is 11.5 Å². The summed E-state index contributed by atoms with van der Waals surface area (Å²) in [5.74, 6) is -0.141. The average molecular weight is 394 g/mol. The van der Waals surface area contributed by atoms with E-state index in [2.05, 4.69) is 19.6 Å². The van der Waals surface area contributed by atoms with Gasteiger partial charge in [0.15, 0.2) is 0 Å². The van der Waals surface area contributed by atoms with Crippen LogP contribution in [-0.2, 0) is 9.37 Å². The van der Waals surface area contributed by atoms with Crippen molar-refractivity contribution >= 4 is 45.0 Å². The number of hydrogen-bond donors (Lipinski definition) is 3. The Balaban J connectivity index is 1.85. The van der Waals surface area contributed by atoms with Gasteiger partial charge in [-0.2, -0.15) is 0 Å². The number of phenolic OH excluding ortho intramolecular Hbond substituents is 2. The Morgan fingerprint density at radius 1 is 0.714 bits per heavy atom. The molecule has 0 spiro atoms. The summed E-state index contributed by atoms with van der Waals surface area (Å²) in [4.78, 5) is 0.522. The minimum Gasteiger partial charge on any atom is -0.506 e. The van der Waals surface area contributed by atoms with Crippen LogP contribution in [0.25, 0.3) is 21.5 Å². The molecule has 0 aliphatic heterocycles. The highest BCUT2D eigenvalue weighted by Crippen LogP contribution is 2.43. The molecule has 0 bridgehead atoms. The predicted octanol–water partition coefficient (Wildman–Crippen LogP) is 6.25. The third-order valence-corrected chi connectivity index (χ3v) is 4.89. The number of phenols is 2. The lowest BCUT2D eigenvalue weighted by molar-refractivity contribution is -0.432. The summed E-state index contributed by atoms with van der Waals surface area (Å²) in [6, 6.07) is 19.5. The maximum atomic E-state index is 10.5. The third kappa shape index (κ3) is 3.37. The van der Waals surface area contributed by atoms with Gasteiger partial charge in [0.1, 0.15) is 22.9 Å². The molecule has 0 aliphatic carbocycles. The van der Waals surface area contributed by atoms with E-state index in [0.717, 1.165) is 28.2 Å². The molecular weight excluding hydrogens is 380 g/mol. The van der Waals surface area contributed by atoms with Crippen molar-refractivity contribution in [1.82, 2.24) is 0 Å². The van der Waals surface area contributed by atoms with Gasteiger partial charge in [-0.05, 0) is 17.5 Å². The first-order valence-corrected chi connectivity index (χ1v) is 8.95. The van der Waals surface area contributed by atoms with E-state index in [1.165, 1.54) is 6.07 Å². The number of azo groups is 1. The van der Waals surface area contributed by atoms with Crippen LogP contribution < -0.4 is 0 Å². The molecule has 0 saturated heterocycles. The fourth-order valence-corrected chi connectivity index (χ4v) is 3.52. The molecule has 0 aliphatic rings. The Kier molecular flexibility index (Phi) is 5.09. The second-order valence-electron chi connectivity index (χ2n) is 5.87. The highest BCUT2D eigenvalue weighted by molar-refractivity contribution is 7.94. The van der Waals surface area contributed by atoms with Gasteiger partial charge in [-0.3, -0.25) is 0 Å². The van der Waals surface area contributed by atoms with Crippen LogP contribution in [0.2, 0.25) is 0 Å². The third-order valence-electron chi connectivity index (χ3n) is 4.24. The van der Waals surface area contributed by atoms with Crippen molar-refractivity contribution in [1.29, 1.82) is 0 Å². The van der Waals surface area contributed by atoms with Crippen LogP contribution in [0.5, 0.6) is 11.5 Å². The fourth-order valence-electron chi connectivity index (χ4n) is 2.99. The van der Waals surface area contributed by atoms with E-state index in [4.69, 9.17) is 5.26 Å². The molecule has 4 aromatic carbocycles. The molecule has 8 heteroatoms. The molecule has 4 aromatic rings. The molecule has 0 radical (unpaired) electrons. The maximum absolute atomic E-state index is 10.5. The average Bonchev–Trinajstić information content (AvgIpc) is 2.72. The smallest absolute Gasteiger partial charge is 0.144 e. The Labute approximate surface area is 163 Å². The first-order valence-electron chi connectivity index (χ1n) is 8.21. The zero-order valence-corrected chi connectivity index (χ0v) is 15.1. The summed E-state index contributed by atoms with van der Waals surface area (Å²) >= 11 is 0.747. The highest BCUT2D eigenvalue weighted by Gasteiger charge is 2.14. The van der Waals surface area contributed by atoms with Gasteiger partial charge in [-0.1, -0.05) is 59.6 Å². The number of fused-ring (bicyclic) bond motifs is 2. The minimum absolute atomic E-state index is 0.00749. The monoisotopic (exact) mass is 394 g/mol. The van der Waals surface area contributed by atoms with Crippen molar-refractivity contribution in [3.63, 3.8) is 0 Å². The molecule has 28 heavy (non-hydrogen) atoms. The van der Waals surface area contributed by atoms with Gasteiger partial charge < -0.3 is 10.2 Å². The van der Waals surface area contributed by atoms with Crippen molar-refractivity contribution in [2.45, 2.75) is 4.90 Å². The van der Waals surface area contributed by atoms with Crippen LogP contribution in [-0.4, -0.2) is 15.5 Å². The highest BCUT2D eigenvalue weighted by atomic mass is 32.2. The van der Waals surface area contributed by atoms with Crippen LogP contribution >= 0.6 is 12.0 Å². The zero-order chi connectivity index (χ0) is 19.5. The molecule has 0 heterocycles. The van der Waals surface area contributed by atoms with Crippen molar-refractivity contribution < 1.29 is 24.8 Å². The van der Waals surface area contributed by atoms with Gasteiger partial charge in [-0.15, -0.1) is 14.6 Å². The number of nitrogens with zero attached hydrogens (tertiary/aromatic N) is 2. The molecule has 4 rings (SSSR count). The van der Waals surface area contributed by atoms with Gasteiger partial charge >= 0.3 is 0 Å². The predicted molar refractivity (Wildman–Crippen MR) is 106 cm³/mol. The summed E-state index contributed by atoms with van der Waals surface area (Å²) < 4.78 is 4.49. The van der Waals surface area contributed by atoms with Crippen molar-refractivity contribution in [3.05, 3.63) is 66.7 Å². The normalized spacial score (nSPS) is 11.6. The lowest BCUT2D eigenvalue weighted by Crippen LogP contribution is -1.83. The van der Waals surface area contributed by atoms with E-state index in [0.29, 0.717) is 16.0 Å². The van der Waals surface area contributed by atoms with Crippen LogP contribution in [0.15, 0.2) is 81.9 Å². The molecule has 0 saturated carbocycles. The lowest BCUT2D eigenvalue weighted by Gasteiger charge is -2.09. The Morgan fingerprint density at radius 2 is 1.36 bits per heavy atom. The van der Waals surface area contributed by atoms with Gasteiger partial charge in [-0.25, -0.2) is 5.26 Å². The van der Waals surface area contributed by atoms with E-state index < -0.39 is 0 Å². The zero-order valence-electron chi connectivity index (χ0n) is 14.3. The van der Waals surface area contributed by atoms with Crippen molar-refractivity contribution in [2.75, 3.05) is 0 Å². The molecule has 140 valence electrons. The van der Waals surface area contributed by atoms with E-state index in [9.17, 15) is 10.2 Å². The molecule has 0 amide bonds. The van der Waals surface area contributed by atoms with E-state index in [-0.39, 0.29) is 17.2 Å². The van der Waals surface area contributed by atoms with Gasteiger partial charge in [0, 0.05) is 16.2 Å². The quantitative estimate of drug-likeness (QED) is 0.160. The van der Waals surface area contributed by atoms with Gasteiger partial charge in [0.05, 0.1) is 16.9 Å². The molecule has 7 nitrogen and oxygen atoms in total. The SMILES string of the molecule is OOOSc1cc(O)c(N=Nc2c(O)ccc3ccccc23)c2ccccc12. The first kappa shape index (κ1) is 18.2. The lowest BCUT2D eigenvalue weighted by atomic mass is 10.1. The number of hydrogen-bond acceptors (Lipinski definition) is 8. The molecule has 0 unspecified atom stereocenters. The van der Waals surface area contributed by atoms with E-state index in [1.54, 1.807) is 24.3 Å². The molecular formula is C20H14N2O5S. The van der Waals surface area contributed by atoms with E-state index >= 15 is 0 Å². The van der Waals surface area contributed by atoms with Crippen LogP contribution in [0.3, 0.4) is 0 Å². The Morgan fingerprint density at radius 3 is 2.11 bits per heavy atom. The molecule has 0 fully saturated rings. The standard InChI is InChI=1S/C20H14N2O5S/c23-16-10-9-12-5-1-2-6-13(12)19(16)21-22-20-15-8-4-3-7-14(15)18(11-17(20)24)28-27-26-25/h1-11,23-25H. The number of rotatable bonds is 5. The Hall–Kier alpha value is -3.17. The summed E-state index contributed by atoms with van der Waals surface area (Å²) in [6.07, 6.45) is 0. The topological polar surface area (TPSA) is 104 Å². The Bertz CT molecular complexity index is 1200. The summed E-state index contributed by atoms with van der Waals surface area (Å²) in [7, 11) is 0. The second-order valence-corrected chi connectivity index (χ2v) is 6.61. The summed E-state index contributed by atoms with van der Waals surface area (Å²) in [5.41, 5.74) is 0.564. The number of benzene rings is 4. The molecule has 3 N–H and O–H groups in total. The van der Waals surface area contributed by atoms with Crippen LogP contribution in [0, 0.1) is 0 Å². The van der Waals surface area contributed by atoms with Crippen LogP contribution in [0.1, 0.15) is 0 Å².